The van der Waals surface area contributed by atoms with Crippen molar-refractivity contribution in [2.24, 2.45) is 0 Å². The monoisotopic (exact) mass is 350 g/mol. The van der Waals surface area contributed by atoms with Crippen LogP contribution < -0.4 is 16.0 Å². The van der Waals surface area contributed by atoms with Gasteiger partial charge in [-0.3, -0.25) is 4.79 Å². The van der Waals surface area contributed by atoms with Crippen molar-refractivity contribution in [2.75, 3.05) is 6.54 Å². The van der Waals surface area contributed by atoms with Crippen LogP contribution >= 0.6 is 0 Å². The summed E-state index contributed by atoms with van der Waals surface area (Å²) in [7, 11) is 0. The van der Waals surface area contributed by atoms with Crippen molar-refractivity contribution in [1.82, 2.24) is 16.0 Å². The molecule has 0 heterocycles. The van der Waals surface area contributed by atoms with E-state index in [1.54, 1.807) is 0 Å². The standard InChI is InChI=1S/C20H22N4O2/c1-15(17-10-6-3-7-11-17)23-20(26)24-18(19(25)22-13-12-21)14-16-8-4-2-5-9-16/h2-11,15,18H,13-14H2,1H3,(H,22,25)(H2,23,24,26)/t15-,18?/m0/s1. The van der Waals surface area contributed by atoms with Crippen molar-refractivity contribution in [3.05, 3.63) is 71.8 Å². The Morgan fingerprint density at radius 2 is 1.62 bits per heavy atom. The molecule has 0 aromatic heterocycles. The first-order chi connectivity index (χ1) is 12.6. The van der Waals surface area contributed by atoms with Crippen LogP contribution in [0, 0.1) is 11.3 Å². The minimum atomic E-state index is -0.770. The van der Waals surface area contributed by atoms with Gasteiger partial charge in [-0.05, 0) is 18.1 Å². The molecule has 26 heavy (non-hydrogen) atoms. The first-order valence-corrected chi connectivity index (χ1v) is 8.40. The van der Waals surface area contributed by atoms with E-state index < -0.39 is 18.0 Å². The molecule has 0 radical (unpaired) electrons. The number of benzene rings is 2. The first kappa shape index (κ1) is 19.0. The van der Waals surface area contributed by atoms with Crippen molar-refractivity contribution in [3.63, 3.8) is 0 Å². The number of carbonyl (C=O) groups is 2. The van der Waals surface area contributed by atoms with E-state index in [4.69, 9.17) is 5.26 Å². The number of urea groups is 1. The number of amides is 3. The van der Waals surface area contributed by atoms with E-state index in [0.29, 0.717) is 6.42 Å². The van der Waals surface area contributed by atoms with Crippen molar-refractivity contribution < 1.29 is 9.59 Å². The summed E-state index contributed by atoms with van der Waals surface area (Å²) in [5.41, 5.74) is 1.89. The summed E-state index contributed by atoms with van der Waals surface area (Å²) >= 11 is 0. The highest BCUT2D eigenvalue weighted by Crippen LogP contribution is 2.11. The lowest BCUT2D eigenvalue weighted by molar-refractivity contribution is -0.122. The Balaban J connectivity index is 2.01. The fourth-order valence-corrected chi connectivity index (χ4v) is 2.53. The van der Waals surface area contributed by atoms with Gasteiger partial charge in [0, 0.05) is 6.42 Å². The molecular formula is C20H22N4O2. The first-order valence-electron chi connectivity index (χ1n) is 8.40. The zero-order chi connectivity index (χ0) is 18.8. The number of rotatable bonds is 7. The van der Waals surface area contributed by atoms with Gasteiger partial charge in [0.05, 0.1) is 12.1 Å². The Hall–Kier alpha value is -3.33. The molecule has 2 aromatic carbocycles. The molecule has 0 aliphatic carbocycles. The third kappa shape index (κ3) is 5.95. The molecule has 0 saturated heterocycles. The molecule has 0 fully saturated rings. The van der Waals surface area contributed by atoms with Crippen molar-refractivity contribution >= 4 is 11.9 Å². The van der Waals surface area contributed by atoms with Crippen LogP contribution in [0.25, 0.3) is 0 Å². The van der Waals surface area contributed by atoms with Gasteiger partial charge in [0.1, 0.15) is 12.6 Å². The molecular weight excluding hydrogens is 328 g/mol. The number of nitrogens with zero attached hydrogens (tertiary/aromatic N) is 1. The van der Waals surface area contributed by atoms with Crippen LogP contribution in [0.4, 0.5) is 4.79 Å². The molecule has 0 saturated carbocycles. The predicted molar refractivity (Wildman–Crippen MR) is 99.1 cm³/mol. The van der Waals surface area contributed by atoms with Gasteiger partial charge in [-0.15, -0.1) is 0 Å². The van der Waals surface area contributed by atoms with E-state index in [-0.39, 0.29) is 12.6 Å². The lowest BCUT2D eigenvalue weighted by Crippen LogP contribution is -2.51. The number of hydrogen-bond acceptors (Lipinski definition) is 3. The predicted octanol–water partition coefficient (Wildman–Crippen LogP) is 2.30. The highest BCUT2D eigenvalue weighted by Gasteiger charge is 2.21. The van der Waals surface area contributed by atoms with E-state index in [2.05, 4.69) is 16.0 Å². The SMILES string of the molecule is C[C@H](NC(=O)NC(Cc1ccccc1)C(=O)NCC#N)c1ccccc1. The Labute approximate surface area is 153 Å². The Morgan fingerprint density at radius 3 is 2.23 bits per heavy atom. The third-order valence-corrected chi connectivity index (χ3v) is 3.89. The zero-order valence-electron chi connectivity index (χ0n) is 14.6. The number of carbonyl (C=O) groups excluding carboxylic acids is 2. The fourth-order valence-electron chi connectivity index (χ4n) is 2.53. The summed E-state index contributed by atoms with van der Waals surface area (Å²) in [6.07, 6.45) is 0.339. The second-order valence-electron chi connectivity index (χ2n) is 5.87. The number of nitrogens with one attached hydrogen (secondary N) is 3. The van der Waals surface area contributed by atoms with E-state index in [9.17, 15) is 9.59 Å². The summed E-state index contributed by atoms with van der Waals surface area (Å²) in [5.74, 6) is -0.391. The maximum absolute atomic E-state index is 12.3. The molecule has 0 aliphatic heterocycles. The van der Waals surface area contributed by atoms with Gasteiger partial charge in [0.15, 0.2) is 0 Å². The minimum Gasteiger partial charge on any atom is -0.341 e. The Bertz CT molecular complexity index is 756. The number of hydrogen-bond donors (Lipinski definition) is 3. The normalized spacial score (nSPS) is 12.3. The molecule has 3 N–H and O–H groups in total. The molecule has 2 atom stereocenters. The van der Waals surface area contributed by atoms with E-state index in [1.165, 1.54) is 0 Å². The molecule has 2 aromatic rings. The van der Waals surface area contributed by atoms with Gasteiger partial charge in [-0.1, -0.05) is 60.7 Å². The molecule has 0 aliphatic rings. The summed E-state index contributed by atoms with van der Waals surface area (Å²) in [6.45, 7) is 1.77. The quantitative estimate of drug-likeness (QED) is 0.669. The lowest BCUT2D eigenvalue weighted by Gasteiger charge is -2.20. The molecule has 0 bridgehead atoms. The molecule has 1 unspecified atom stereocenters. The van der Waals surface area contributed by atoms with Gasteiger partial charge < -0.3 is 16.0 Å². The largest absolute Gasteiger partial charge is 0.341 e. The van der Waals surface area contributed by atoms with Crippen LogP contribution in [0.15, 0.2) is 60.7 Å². The maximum Gasteiger partial charge on any atom is 0.315 e. The summed E-state index contributed by atoms with van der Waals surface area (Å²) in [6, 6.07) is 19.4. The van der Waals surface area contributed by atoms with Crippen LogP contribution in [0.5, 0.6) is 0 Å². The van der Waals surface area contributed by atoms with Gasteiger partial charge in [0.2, 0.25) is 5.91 Å². The van der Waals surface area contributed by atoms with Crippen molar-refractivity contribution in [1.29, 1.82) is 5.26 Å². The fraction of sp³-hybridized carbons (Fsp3) is 0.250. The molecule has 134 valence electrons. The Kier molecular flexibility index (Phi) is 7.19. The van der Waals surface area contributed by atoms with E-state index in [1.807, 2.05) is 73.7 Å². The second-order valence-corrected chi connectivity index (χ2v) is 5.87. The van der Waals surface area contributed by atoms with Crippen LogP contribution in [0.3, 0.4) is 0 Å². The summed E-state index contributed by atoms with van der Waals surface area (Å²) < 4.78 is 0. The molecule has 6 heteroatoms. The van der Waals surface area contributed by atoms with Crippen molar-refractivity contribution in [2.45, 2.75) is 25.4 Å². The summed E-state index contributed by atoms with van der Waals surface area (Å²) in [5, 5.41) is 16.7. The van der Waals surface area contributed by atoms with Gasteiger partial charge >= 0.3 is 6.03 Å². The minimum absolute atomic E-state index is 0.103. The topological polar surface area (TPSA) is 94.0 Å². The van der Waals surface area contributed by atoms with E-state index >= 15 is 0 Å². The smallest absolute Gasteiger partial charge is 0.315 e. The van der Waals surface area contributed by atoms with Crippen molar-refractivity contribution in [3.8, 4) is 6.07 Å². The third-order valence-electron chi connectivity index (χ3n) is 3.89. The van der Waals surface area contributed by atoms with Crippen LogP contribution in [-0.4, -0.2) is 24.5 Å². The van der Waals surface area contributed by atoms with Crippen LogP contribution in [0.1, 0.15) is 24.1 Å². The molecule has 3 amide bonds. The highest BCUT2D eigenvalue weighted by molar-refractivity contribution is 5.87. The Morgan fingerprint density at radius 1 is 1.00 bits per heavy atom. The molecule has 2 rings (SSSR count). The average molecular weight is 350 g/mol. The maximum atomic E-state index is 12.3. The average Bonchev–Trinajstić information content (AvgIpc) is 2.67. The lowest BCUT2D eigenvalue weighted by atomic mass is 10.1. The molecule has 0 spiro atoms. The number of nitriles is 1. The molecule has 6 nitrogen and oxygen atoms in total. The van der Waals surface area contributed by atoms with Gasteiger partial charge in [0.25, 0.3) is 0 Å². The van der Waals surface area contributed by atoms with Gasteiger partial charge in [-0.2, -0.15) is 5.26 Å². The summed E-state index contributed by atoms with van der Waals surface area (Å²) in [4.78, 5) is 24.6. The highest BCUT2D eigenvalue weighted by atomic mass is 16.2. The van der Waals surface area contributed by atoms with Gasteiger partial charge in [-0.25, -0.2) is 4.79 Å². The van der Waals surface area contributed by atoms with Crippen LogP contribution in [-0.2, 0) is 11.2 Å². The second kappa shape index (κ2) is 9.84. The van der Waals surface area contributed by atoms with E-state index in [0.717, 1.165) is 11.1 Å². The zero-order valence-corrected chi connectivity index (χ0v) is 14.6. The van der Waals surface area contributed by atoms with Crippen LogP contribution in [0.2, 0.25) is 0 Å².